The molecule has 0 bridgehead atoms. The summed E-state index contributed by atoms with van der Waals surface area (Å²) in [5.41, 5.74) is 5.52. The molecule has 2 aromatic carbocycles. The first-order valence-electron chi connectivity index (χ1n) is 5.53. The van der Waals surface area contributed by atoms with Crippen LogP contribution in [0.4, 0.5) is 8.78 Å². The van der Waals surface area contributed by atoms with E-state index in [-0.39, 0.29) is 17.7 Å². The van der Waals surface area contributed by atoms with E-state index in [0.717, 1.165) is 18.2 Å². The number of primary amides is 1. The summed E-state index contributed by atoms with van der Waals surface area (Å²) in [7, 11) is 0. The number of ether oxygens (including phenoxy) is 1. The Bertz CT molecular complexity index is 614. The molecule has 0 radical (unpaired) electrons. The molecule has 0 aliphatic rings. The quantitative estimate of drug-likeness (QED) is 0.921. The molecular weight excluding hydrogens is 252 g/mol. The molecular formula is C14H11F2NO2. The van der Waals surface area contributed by atoms with Gasteiger partial charge in [-0.1, -0.05) is 6.07 Å². The second-order valence-corrected chi connectivity index (χ2v) is 3.92. The number of nitrogens with two attached hydrogens (primary N) is 1. The second kappa shape index (κ2) is 5.48. The van der Waals surface area contributed by atoms with Crippen LogP contribution >= 0.6 is 0 Å². The molecule has 0 saturated carbocycles. The third-order valence-electron chi connectivity index (χ3n) is 2.52. The van der Waals surface area contributed by atoms with Crippen LogP contribution < -0.4 is 10.5 Å². The van der Waals surface area contributed by atoms with Crippen molar-refractivity contribution in [3.63, 3.8) is 0 Å². The molecule has 0 atom stereocenters. The standard InChI is InChI=1S/C14H11F2NO2/c15-11-4-5-13(16)10(6-11)8-19-12-3-1-2-9(7-12)14(17)18/h1-7H,8H2,(H2,17,18). The maximum absolute atomic E-state index is 13.4. The first kappa shape index (κ1) is 13.0. The van der Waals surface area contributed by atoms with E-state index in [2.05, 4.69) is 0 Å². The van der Waals surface area contributed by atoms with Crippen LogP contribution in [0.25, 0.3) is 0 Å². The highest BCUT2D eigenvalue weighted by Gasteiger charge is 2.06. The van der Waals surface area contributed by atoms with Gasteiger partial charge in [-0.15, -0.1) is 0 Å². The summed E-state index contributed by atoms with van der Waals surface area (Å²) in [5, 5.41) is 0. The monoisotopic (exact) mass is 263 g/mol. The molecule has 2 N–H and O–H groups in total. The smallest absolute Gasteiger partial charge is 0.248 e. The minimum atomic E-state index is -0.581. The Kier molecular flexibility index (Phi) is 3.75. The average molecular weight is 263 g/mol. The molecule has 0 saturated heterocycles. The normalized spacial score (nSPS) is 10.2. The molecule has 19 heavy (non-hydrogen) atoms. The number of hydrogen-bond donors (Lipinski definition) is 1. The Balaban J connectivity index is 2.12. The highest BCUT2D eigenvalue weighted by atomic mass is 19.1. The third-order valence-corrected chi connectivity index (χ3v) is 2.52. The van der Waals surface area contributed by atoms with Gasteiger partial charge < -0.3 is 10.5 Å². The molecule has 0 fully saturated rings. The van der Waals surface area contributed by atoms with Crippen LogP contribution in [0.5, 0.6) is 5.75 Å². The molecule has 2 aromatic rings. The van der Waals surface area contributed by atoms with Gasteiger partial charge in [0.2, 0.25) is 5.91 Å². The molecule has 98 valence electrons. The zero-order chi connectivity index (χ0) is 13.8. The summed E-state index contributed by atoms with van der Waals surface area (Å²) in [6.45, 7) is -0.133. The number of halogens is 2. The van der Waals surface area contributed by atoms with Gasteiger partial charge in [-0.25, -0.2) is 8.78 Å². The lowest BCUT2D eigenvalue weighted by molar-refractivity contribution is 0.1000. The minimum absolute atomic E-state index is 0.101. The molecule has 5 heteroatoms. The van der Waals surface area contributed by atoms with Gasteiger partial charge in [0.15, 0.2) is 0 Å². The molecule has 2 rings (SSSR count). The topological polar surface area (TPSA) is 52.3 Å². The summed E-state index contributed by atoms with van der Waals surface area (Å²) >= 11 is 0. The van der Waals surface area contributed by atoms with Crippen molar-refractivity contribution in [3.05, 3.63) is 65.2 Å². The number of hydrogen-bond acceptors (Lipinski definition) is 2. The molecule has 0 unspecified atom stereocenters. The third kappa shape index (κ3) is 3.28. The van der Waals surface area contributed by atoms with Crippen LogP contribution in [0.3, 0.4) is 0 Å². The fourth-order valence-electron chi connectivity index (χ4n) is 1.55. The van der Waals surface area contributed by atoms with Crippen LogP contribution in [-0.2, 0) is 6.61 Å². The SMILES string of the molecule is NC(=O)c1cccc(OCc2cc(F)ccc2F)c1. The van der Waals surface area contributed by atoms with Gasteiger partial charge in [0.1, 0.15) is 24.0 Å². The van der Waals surface area contributed by atoms with E-state index in [1.807, 2.05) is 0 Å². The van der Waals surface area contributed by atoms with Crippen molar-refractivity contribution in [1.29, 1.82) is 0 Å². The number of rotatable bonds is 4. The Hall–Kier alpha value is -2.43. The highest BCUT2D eigenvalue weighted by molar-refractivity contribution is 5.93. The fraction of sp³-hybridized carbons (Fsp3) is 0.0714. The number of benzene rings is 2. The summed E-state index contributed by atoms with van der Waals surface area (Å²) in [5.74, 6) is -1.30. The average Bonchev–Trinajstić information content (AvgIpc) is 2.40. The first-order chi connectivity index (χ1) is 9.06. The van der Waals surface area contributed by atoms with Crippen molar-refractivity contribution < 1.29 is 18.3 Å². The van der Waals surface area contributed by atoms with Crippen molar-refractivity contribution in [3.8, 4) is 5.75 Å². The Morgan fingerprint density at radius 3 is 2.68 bits per heavy atom. The molecule has 0 spiro atoms. The molecule has 0 aliphatic heterocycles. The van der Waals surface area contributed by atoms with Gasteiger partial charge in [0.25, 0.3) is 0 Å². The maximum atomic E-state index is 13.4. The first-order valence-corrected chi connectivity index (χ1v) is 5.53. The Morgan fingerprint density at radius 1 is 1.16 bits per heavy atom. The van der Waals surface area contributed by atoms with Gasteiger partial charge in [0, 0.05) is 11.1 Å². The van der Waals surface area contributed by atoms with Crippen molar-refractivity contribution in [2.24, 2.45) is 5.73 Å². The van der Waals surface area contributed by atoms with Crippen molar-refractivity contribution in [2.75, 3.05) is 0 Å². The number of carbonyl (C=O) groups is 1. The minimum Gasteiger partial charge on any atom is -0.489 e. The molecule has 1 amide bonds. The van der Waals surface area contributed by atoms with Crippen LogP contribution in [0.1, 0.15) is 15.9 Å². The van der Waals surface area contributed by atoms with Gasteiger partial charge in [-0.05, 0) is 36.4 Å². The fourth-order valence-corrected chi connectivity index (χ4v) is 1.55. The van der Waals surface area contributed by atoms with Gasteiger partial charge in [0.05, 0.1) is 0 Å². The summed E-state index contributed by atoms with van der Waals surface area (Å²) in [6, 6.07) is 9.31. The van der Waals surface area contributed by atoms with Crippen molar-refractivity contribution >= 4 is 5.91 Å². The van der Waals surface area contributed by atoms with E-state index in [1.54, 1.807) is 12.1 Å². The maximum Gasteiger partial charge on any atom is 0.248 e. The zero-order valence-corrected chi connectivity index (χ0v) is 9.90. The van der Waals surface area contributed by atoms with Gasteiger partial charge in [-0.3, -0.25) is 4.79 Å². The molecule has 3 nitrogen and oxygen atoms in total. The Labute approximate surface area is 108 Å². The summed E-state index contributed by atoms with van der Waals surface area (Å²) in [4.78, 5) is 11.0. The lowest BCUT2D eigenvalue weighted by Crippen LogP contribution is -2.10. The van der Waals surface area contributed by atoms with E-state index in [9.17, 15) is 13.6 Å². The number of amides is 1. The van der Waals surface area contributed by atoms with E-state index in [0.29, 0.717) is 5.75 Å². The van der Waals surface area contributed by atoms with Crippen molar-refractivity contribution in [1.82, 2.24) is 0 Å². The lowest BCUT2D eigenvalue weighted by atomic mass is 10.2. The number of carbonyl (C=O) groups excluding carboxylic acids is 1. The van der Waals surface area contributed by atoms with Crippen LogP contribution in [0, 0.1) is 11.6 Å². The van der Waals surface area contributed by atoms with E-state index >= 15 is 0 Å². The molecule has 0 aromatic heterocycles. The summed E-state index contributed by atoms with van der Waals surface area (Å²) in [6.07, 6.45) is 0. The predicted octanol–water partition coefficient (Wildman–Crippen LogP) is 2.64. The van der Waals surface area contributed by atoms with Gasteiger partial charge in [-0.2, -0.15) is 0 Å². The van der Waals surface area contributed by atoms with Crippen LogP contribution in [-0.4, -0.2) is 5.91 Å². The van der Waals surface area contributed by atoms with Crippen LogP contribution in [0.2, 0.25) is 0 Å². The van der Waals surface area contributed by atoms with Crippen molar-refractivity contribution in [2.45, 2.75) is 6.61 Å². The summed E-state index contributed by atoms with van der Waals surface area (Å²) < 4.78 is 31.6. The largest absolute Gasteiger partial charge is 0.489 e. The van der Waals surface area contributed by atoms with E-state index < -0.39 is 17.5 Å². The van der Waals surface area contributed by atoms with E-state index in [1.165, 1.54) is 12.1 Å². The molecule has 0 heterocycles. The highest BCUT2D eigenvalue weighted by Crippen LogP contribution is 2.17. The van der Waals surface area contributed by atoms with Crippen LogP contribution in [0.15, 0.2) is 42.5 Å². The zero-order valence-electron chi connectivity index (χ0n) is 9.90. The van der Waals surface area contributed by atoms with Gasteiger partial charge >= 0.3 is 0 Å². The Morgan fingerprint density at radius 2 is 1.95 bits per heavy atom. The van der Waals surface area contributed by atoms with E-state index in [4.69, 9.17) is 10.5 Å². The lowest BCUT2D eigenvalue weighted by Gasteiger charge is -2.08. The molecule has 0 aliphatic carbocycles. The predicted molar refractivity (Wildman–Crippen MR) is 65.6 cm³/mol. The second-order valence-electron chi connectivity index (χ2n) is 3.92.